The van der Waals surface area contributed by atoms with Crippen molar-refractivity contribution in [3.05, 3.63) is 34.3 Å². The van der Waals surface area contributed by atoms with Crippen molar-refractivity contribution in [2.24, 2.45) is 0 Å². The van der Waals surface area contributed by atoms with Gasteiger partial charge in [-0.05, 0) is 24.6 Å². The fourth-order valence-electron chi connectivity index (χ4n) is 1.25. The van der Waals surface area contributed by atoms with Crippen LogP contribution in [-0.4, -0.2) is 16.8 Å². The standard InChI is InChI=1S/C12H14BrNO2S/c1-2-8(12(15)16)5-6-17-11-7-9(13)3-4-10(11)14/h3-5,7H,2,6,14H2,1H3,(H,15,16). The number of rotatable bonds is 5. The highest BCUT2D eigenvalue weighted by molar-refractivity contribution is 9.10. The van der Waals surface area contributed by atoms with Crippen LogP contribution in [0.2, 0.25) is 0 Å². The number of hydrogen-bond donors (Lipinski definition) is 2. The molecule has 0 radical (unpaired) electrons. The third-order valence-corrected chi connectivity index (χ3v) is 3.69. The molecule has 0 atom stereocenters. The lowest BCUT2D eigenvalue weighted by Gasteiger charge is -2.04. The second-order valence-corrected chi connectivity index (χ2v) is 5.36. The van der Waals surface area contributed by atoms with Crippen LogP contribution in [0.25, 0.3) is 0 Å². The van der Waals surface area contributed by atoms with Gasteiger partial charge in [0.15, 0.2) is 0 Å². The highest BCUT2D eigenvalue weighted by Gasteiger charge is 2.04. The molecule has 92 valence electrons. The van der Waals surface area contributed by atoms with E-state index in [0.717, 1.165) is 9.37 Å². The van der Waals surface area contributed by atoms with Crippen LogP contribution in [0.5, 0.6) is 0 Å². The lowest BCUT2D eigenvalue weighted by Crippen LogP contribution is -1.99. The highest BCUT2D eigenvalue weighted by atomic mass is 79.9. The predicted molar refractivity (Wildman–Crippen MR) is 75.3 cm³/mol. The first-order chi connectivity index (χ1) is 8.04. The Morgan fingerprint density at radius 3 is 2.88 bits per heavy atom. The zero-order valence-corrected chi connectivity index (χ0v) is 11.8. The monoisotopic (exact) mass is 315 g/mol. The molecule has 1 aromatic carbocycles. The van der Waals surface area contributed by atoms with Crippen LogP contribution in [0.3, 0.4) is 0 Å². The van der Waals surface area contributed by atoms with Gasteiger partial charge in [-0.15, -0.1) is 11.8 Å². The van der Waals surface area contributed by atoms with Crippen molar-refractivity contribution in [3.63, 3.8) is 0 Å². The summed E-state index contributed by atoms with van der Waals surface area (Å²) in [5.74, 6) is -0.244. The van der Waals surface area contributed by atoms with E-state index < -0.39 is 5.97 Å². The first-order valence-corrected chi connectivity index (χ1v) is 6.92. The van der Waals surface area contributed by atoms with Gasteiger partial charge in [0.1, 0.15) is 0 Å². The Hall–Kier alpha value is -0.940. The minimum atomic E-state index is -0.852. The Morgan fingerprint density at radius 2 is 2.29 bits per heavy atom. The van der Waals surface area contributed by atoms with Gasteiger partial charge in [0.2, 0.25) is 0 Å². The summed E-state index contributed by atoms with van der Waals surface area (Å²) in [6.45, 7) is 1.83. The van der Waals surface area contributed by atoms with Crippen LogP contribution < -0.4 is 5.73 Å². The average Bonchev–Trinajstić information content (AvgIpc) is 2.28. The Bertz CT molecular complexity index is 446. The second-order valence-electron chi connectivity index (χ2n) is 3.38. The Balaban J connectivity index is 2.67. The van der Waals surface area contributed by atoms with Gasteiger partial charge in [0, 0.05) is 26.4 Å². The lowest BCUT2D eigenvalue weighted by molar-refractivity contribution is -0.132. The van der Waals surface area contributed by atoms with E-state index in [1.54, 1.807) is 6.08 Å². The maximum Gasteiger partial charge on any atom is 0.331 e. The van der Waals surface area contributed by atoms with E-state index in [4.69, 9.17) is 10.8 Å². The molecule has 3 N–H and O–H groups in total. The van der Waals surface area contributed by atoms with Crippen molar-refractivity contribution >= 4 is 39.3 Å². The molecule has 0 saturated carbocycles. The summed E-state index contributed by atoms with van der Waals surface area (Å²) in [7, 11) is 0. The number of benzene rings is 1. The second kappa shape index (κ2) is 6.71. The third kappa shape index (κ3) is 4.44. The minimum absolute atomic E-state index is 0.436. The molecule has 0 fully saturated rings. The maximum absolute atomic E-state index is 10.8. The molecule has 0 aliphatic carbocycles. The quantitative estimate of drug-likeness (QED) is 0.495. The first kappa shape index (κ1) is 14.1. The summed E-state index contributed by atoms with van der Waals surface area (Å²) in [5, 5.41) is 8.86. The van der Waals surface area contributed by atoms with E-state index in [2.05, 4.69) is 15.9 Å². The van der Waals surface area contributed by atoms with Gasteiger partial charge in [-0.1, -0.05) is 28.9 Å². The minimum Gasteiger partial charge on any atom is -0.478 e. The van der Waals surface area contributed by atoms with Crippen molar-refractivity contribution in [1.29, 1.82) is 0 Å². The number of carbonyl (C=O) groups is 1. The van der Waals surface area contributed by atoms with Gasteiger partial charge in [0.05, 0.1) is 0 Å². The molecule has 0 aliphatic rings. The largest absolute Gasteiger partial charge is 0.478 e. The maximum atomic E-state index is 10.8. The lowest BCUT2D eigenvalue weighted by atomic mass is 10.2. The van der Waals surface area contributed by atoms with Crippen molar-refractivity contribution < 1.29 is 9.90 Å². The smallest absolute Gasteiger partial charge is 0.331 e. The molecule has 1 rings (SSSR count). The van der Waals surface area contributed by atoms with Crippen LogP contribution in [0.1, 0.15) is 13.3 Å². The summed E-state index contributed by atoms with van der Waals surface area (Å²) in [4.78, 5) is 11.7. The number of anilines is 1. The van der Waals surface area contributed by atoms with Crippen LogP contribution in [0.4, 0.5) is 5.69 Å². The molecule has 0 heterocycles. The summed E-state index contributed by atoms with van der Waals surface area (Å²) in [6.07, 6.45) is 2.26. The summed E-state index contributed by atoms with van der Waals surface area (Å²) in [5.41, 5.74) is 6.96. The molecular formula is C12H14BrNO2S. The number of halogens is 1. The predicted octanol–water partition coefficient (Wildman–Crippen LogP) is 3.54. The van der Waals surface area contributed by atoms with Crippen molar-refractivity contribution in [2.75, 3.05) is 11.5 Å². The van der Waals surface area contributed by atoms with E-state index >= 15 is 0 Å². The van der Waals surface area contributed by atoms with Crippen LogP contribution in [0.15, 0.2) is 39.2 Å². The van der Waals surface area contributed by atoms with Crippen LogP contribution in [0, 0.1) is 0 Å². The first-order valence-electron chi connectivity index (χ1n) is 5.14. The Morgan fingerprint density at radius 1 is 1.59 bits per heavy atom. The molecule has 17 heavy (non-hydrogen) atoms. The van der Waals surface area contributed by atoms with Gasteiger partial charge in [-0.2, -0.15) is 0 Å². The summed E-state index contributed by atoms with van der Waals surface area (Å²) in [6, 6.07) is 5.64. The Labute approximate surface area is 113 Å². The zero-order chi connectivity index (χ0) is 12.8. The van der Waals surface area contributed by atoms with Crippen molar-refractivity contribution in [2.45, 2.75) is 18.2 Å². The van der Waals surface area contributed by atoms with Gasteiger partial charge in [-0.3, -0.25) is 0 Å². The number of nitrogen functional groups attached to an aromatic ring is 1. The number of thioether (sulfide) groups is 1. The van der Waals surface area contributed by atoms with Crippen LogP contribution >= 0.6 is 27.7 Å². The molecule has 0 bridgehead atoms. The number of hydrogen-bond acceptors (Lipinski definition) is 3. The molecule has 0 aliphatic heterocycles. The zero-order valence-electron chi connectivity index (χ0n) is 9.44. The number of aliphatic carboxylic acids is 1. The van der Waals surface area contributed by atoms with Gasteiger partial charge >= 0.3 is 5.97 Å². The summed E-state index contributed by atoms with van der Waals surface area (Å²) < 4.78 is 0.965. The third-order valence-electron chi connectivity index (χ3n) is 2.20. The van der Waals surface area contributed by atoms with Crippen molar-refractivity contribution in [1.82, 2.24) is 0 Å². The molecule has 1 aromatic rings. The van der Waals surface area contributed by atoms with E-state index in [0.29, 0.717) is 23.4 Å². The molecule has 0 amide bonds. The molecule has 0 saturated heterocycles. The molecule has 0 spiro atoms. The van der Waals surface area contributed by atoms with E-state index in [-0.39, 0.29) is 0 Å². The fraction of sp³-hybridized carbons (Fsp3) is 0.250. The van der Waals surface area contributed by atoms with E-state index in [9.17, 15) is 4.79 Å². The molecule has 3 nitrogen and oxygen atoms in total. The van der Waals surface area contributed by atoms with E-state index in [1.807, 2.05) is 25.1 Å². The highest BCUT2D eigenvalue weighted by Crippen LogP contribution is 2.28. The number of nitrogens with two attached hydrogens (primary N) is 1. The van der Waals surface area contributed by atoms with Gasteiger partial charge in [0.25, 0.3) is 0 Å². The molecule has 5 heteroatoms. The number of carboxylic acid groups (broad SMARTS) is 1. The average molecular weight is 316 g/mol. The number of carboxylic acids is 1. The van der Waals surface area contributed by atoms with Gasteiger partial charge in [-0.25, -0.2) is 4.79 Å². The molecular weight excluding hydrogens is 302 g/mol. The fourth-order valence-corrected chi connectivity index (χ4v) is 2.67. The van der Waals surface area contributed by atoms with Crippen LogP contribution in [-0.2, 0) is 4.79 Å². The topological polar surface area (TPSA) is 63.3 Å². The molecule has 0 unspecified atom stereocenters. The SMILES string of the molecule is CCC(=CCSc1cc(Br)ccc1N)C(=O)O. The van der Waals surface area contributed by atoms with Crippen molar-refractivity contribution in [3.8, 4) is 0 Å². The Kier molecular flexibility index (Phi) is 5.58. The normalized spacial score (nSPS) is 11.5. The summed E-state index contributed by atoms with van der Waals surface area (Å²) >= 11 is 4.90. The van der Waals surface area contributed by atoms with Gasteiger partial charge < -0.3 is 10.8 Å². The van der Waals surface area contributed by atoms with E-state index in [1.165, 1.54) is 11.8 Å². The molecule has 0 aromatic heterocycles.